The number of aromatic hydroxyl groups is 1. The van der Waals surface area contributed by atoms with Gasteiger partial charge in [0.1, 0.15) is 11.9 Å². The van der Waals surface area contributed by atoms with Crippen LogP contribution in [0.5, 0.6) is 5.75 Å². The van der Waals surface area contributed by atoms with Crippen LogP contribution in [0.15, 0.2) is 65.1 Å². The van der Waals surface area contributed by atoms with Gasteiger partial charge in [-0.3, -0.25) is 0 Å². The molecule has 3 rings (SSSR count). The number of ether oxygens (including phenoxy) is 1. The summed E-state index contributed by atoms with van der Waals surface area (Å²) >= 11 is 3.48. The van der Waals surface area contributed by atoms with Crippen LogP contribution in [0.2, 0.25) is 0 Å². The molecule has 1 N–H and O–H groups in total. The van der Waals surface area contributed by atoms with Gasteiger partial charge in [0, 0.05) is 17.1 Å². The highest BCUT2D eigenvalue weighted by molar-refractivity contribution is 9.10. The van der Waals surface area contributed by atoms with Gasteiger partial charge in [-0.2, -0.15) is 0 Å². The quantitative estimate of drug-likeness (QED) is 0.722. The average molecular weight is 343 g/mol. The lowest BCUT2D eigenvalue weighted by atomic mass is 9.95. The Labute approximate surface area is 132 Å². The molecule has 0 aliphatic carbocycles. The van der Waals surface area contributed by atoms with Crippen molar-refractivity contribution in [2.24, 2.45) is 0 Å². The van der Waals surface area contributed by atoms with Gasteiger partial charge in [0.05, 0.1) is 0 Å². The average Bonchev–Trinajstić information content (AvgIpc) is 2.50. The van der Waals surface area contributed by atoms with Gasteiger partial charge in [-0.05, 0) is 34.5 Å². The number of phenolic OH excluding ortho intramolecular Hbond substituents is 1. The number of benzene rings is 3. The minimum Gasteiger partial charge on any atom is -0.508 e. The number of methoxy groups -OCH3 is 1. The predicted octanol–water partition coefficient (Wildman–Crippen LogP) is 5.04. The highest BCUT2D eigenvalue weighted by Gasteiger charge is 2.20. The number of hydrogen-bond acceptors (Lipinski definition) is 2. The fraction of sp³-hybridized carbons (Fsp3) is 0.111. The zero-order valence-corrected chi connectivity index (χ0v) is 13.2. The lowest BCUT2D eigenvalue weighted by Crippen LogP contribution is -2.04. The summed E-state index contributed by atoms with van der Waals surface area (Å²) in [4.78, 5) is 0. The normalized spacial score (nSPS) is 12.5. The third-order valence-electron chi connectivity index (χ3n) is 3.60. The topological polar surface area (TPSA) is 29.5 Å². The molecule has 0 unspecified atom stereocenters. The number of hydrogen-bond donors (Lipinski definition) is 1. The standard InChI is InChI=1S/C18H15BrO2/c1-21-18(13-6-4-7-14(19)11-13)17-15-8-3-2-5-12(15)9-10-16(17)20/h2-11,18,20H,1H3/t18-/m1/s1. The van der Waals surface area contributed by atoms with Crippen molar-refractivity contribution in [1.29, 1.82) is 0 Å². The summed E-state index contributed by atoms with van der Waals surface area (Å²) in [5.74, 6) is 0.250. The third kappa shape index (κ3) is 2.67. The van der Waals surface area contributed by atoms with Crippen molar-refractivity contribution in [3.05, 3.63) is 76.3 Å². The van der Waals surface area contributed by atoms with Crippen molar-refractivity contribution >= 4 is 26.7 Å². The SMILES string of the molecule is CO[C@H](c1cccc(Br)c1)c1c(O)ccc2ccccc12. The summed E-state index contributed by atoms with van der Waals surface area (Å²) < 4.78 is 6.67. The lowest BCUT2D eigenvalue weighted by Gasteiger charge is -2.20. The molecular formula is C18H15BrO2. The largest absolute Gasteiger partial charge is 0.508 e. The van der Waals surface area contributed by atoms with E-state index in [9.17, 15) is 5.11 Å². The van der Waals surface area contributed by atoms with E-state index in [1.807, 2.05) is 54.6 Å². The number of rotatable bonds is 3. The summed E-state index contributed by atoms with van der Waals surface area (Å²) in [6, 6.07) is 19.6. The Morgan fingerprint density at radius 2 is 1.81 bits per heavy atom. The van der Waals surface area contributed by atoms with Crippen LogP contribution in [-0.2, 0) is 4.74 Å². The first kappa shape index (κ1) is 14.1. The molecule has 0 aliphatic heterocycles. The van der Waals surface area contributed by atoms with E-state index in [1.165, 1.54) is 0 Å². The second-order valence-electron chi connectivity index (χ2n) is 4.89. The van der Waals surface area contributed by atoms with E-state index in [2.05, 4.69) is 15.9 Å². The molecule has 21 heavy (non-hydrogen) atoms. The molecule has 0 spiro atoms. The maximum atomic E-state index is 10.3. The number of halogens is 1. The van der Waals surface area contributed by atoms with Gasteiger partial charge >= 0.3 is 0 Å². The van der Waals surface area contributed by atoms with E-state index in [4.69, 9.17) is 4.74 Å². The molecule has 1 atom stereocenters. The van der Waals surface area contributed by atoms with E-state index in [1.54, 1.807) is 13.2 Å². The fourth-order valence-corrected chi connectivity index (χ4v) is 3.07. The van der Waals surface area contributed by atoms with Crippen LogP contribution >= 0.6 is 15.9 Å². The first-order valence-electron chi connectivity index (χ1n) is 6.69. The fourth-order valence-electron chi connectivity index (χ4n) is 2.65. The van der Waals surface area contributed by atoms with Crippen LogP contribution in [-0.4, -0.2) is 12.2 Å². The highest BCUT2D eigenvalue weighted by atomic mass is 79.9. The van der Waals surface area contributed by atoms with Gasteiger partial charge in [0.15, 0.2) is 0 Å². The summed E-state index contributed by atoms with van der Waals surface area (Å²) in [6.07, 6.45) is -0.311. The molecule has 2 nitrogen and oxygen atoms in total. The van der Waals surface area contributed by atoms with Crippen molar-refractivity contribution in [3.8, 4) is 5.75 Å². The van der Waals surface area contributed by atoms with Crippen LogP contribution < -0.4 is 0 Å². The molecule has 3 heteroatoms. The van der Waals surface area contributed by atoms with E-state index in [-0.39, 0.29) is 11.9 Å². The van der Waals surface area contributed by atoms with Crippen molar-refractivity contribution in [2.75, 3.05) is 7.11 Å². The van der Waals surface area contributed by atoms with Crippen LogP contribution in [0.25, 0.3) is 10.8 Å². The molecule has 0 amide bonds. The summed E-state index contributed by atoms with van der Waals surface area (Å²) in [5, 5.41) is 12.4. The van der Waals surface area contributed by atoms with Crippen LogP contribution in [0.3, 0.4) is 0 Å². The van der Waals surface area contributed by atoms with Gasteiger partial charge in [0.25, 0.3) is 0 Å². The van der Waals surface area contributed by atoms with Crippen molar-refractivity contribution < 1.29 is 9.84 Å². The minimum absolute atomic E-state index is 0.250. The molecule has 0 saturated heterocycles. The molecule has 0 heterocycles. The van der Waals surface area contributed by atoms with Crippen molar-refractivity contribution in [3.63, 3.8) is 0 Å². The zero-order chi connectivity index (χ0) is 14.8. The second-order valence-corrected chi connectivity index (χ2v) is 5.81. The van der Waals surface area contributed by atoms with E-state index >= 15 is 0 Å². The monoisotopic (exact) mass is 342 g/mol. The molecule has 0 bridgehead atoms. The maximum Gasteiger partial charge on any atom is 0.122 e. The number of phenols is 1. The molecule has 3 aromatic rings. The van der Waals surface area contributed by atoms with Crippen LogP contribution in [0, 0.1) is 0 Å². The molecule has 3 aromatic carbocycles. The van der Waals surface area contributed by atoms with Gasteiger partial charge in [-0.1, -0.05) is 58.4 Å². The Morgan fingerprint density at radius 1 is 1.00 bits per heavy atom. The van der Waals surface area contributed by atoms with E-state index in [0.29, 0.717) is 0 Å². The Hall–Kier alpha value is -1.84. The summed E-state index contributed by atoms with van der Waals surface area (Å²) in [6.45, 7) is 0. The smallest absolute Gasteiger partial charge is 0.122 e. The first-order valence-corrected chi connectivity index (χ1v) is 7.49. The van der Waals surface area contributed by atoms with E-state index in [0.717, 1.165) is 26.4 Å². The van der Waals surface area contributed by atoms with Crippen LogP contribution in [0.1, 0.15) is 17.2 Å². The minimum atomic E-state index is -0.311. The highest BCUT2D eigenvalue weighted by Crippen LogP contribution is 2.38. The molecule has 0 aromatic heterocycles. The Morgan fingerprint density at radius 3 is 2.57 bits per heavy atom. The van der Waals surface area contributed by atoms with Gasteiger partial charge in [-0.25, -0.2) is 0 Å². The molecule has 106 valence electrons. The first-order chi connectivity index (χ1) is 10.2. The second kappa shape index (κ2) is 5.88. The molecule has 0 aliphatic rings. The van der Waals surface area contributed by atoms with E-state index < -0.39 is 0 Å². The molecule has 0 fully saturated rings. The van der Waals surface area contributed by atoms with Crippen molar-refractivity contribution in [2.45, 2.75) is 6.10 Å². The van der Waals surface area contributed by atoms with Crippen molar-refractivity contribution in [1.82, 2.24) is 0 Å². The molecule has 0 saturated carbocycles. The Bertz CT molecular complexity index is 783. The summed E-state index contributed by atoms with van der Waals surface area (Å²) in [7, 11) is 1.66. The molecule has 0 radical (unpaired) electrons. The van der Waals surface area contributed by atoms with Gasteiger partial charge in [-0.15, -0.1) is 0 Å². The Balaban J connectivity index is 2.24. The molecular weight excluding hydrogens is 328 g/mol. The third-order valence-corrected chi connectivity index (χ3v) is 4.09. The summed E-state index contributed by atoms with van der Waals surface area (Å²) in [5.41, 5.74) is 1.80. The maximum absolute atomic E-state index is 10.3. The van der Waals surface area contributed by atoms with Crippen LogP contribution in [0.4, 0.5) is 0 Å². The van der Waals surface area contributed by atoms with Gasteiger partial charge < -0.3 is 9.84 Å². The zero-order valence-electron chi connectivity index (χ0n) is 11.6. The van der Waals surface area contributed by atoms with Gasteiger partial charge in [0.2, 0.25) is 0 Å². The predicted molar refractivity (Wildman–Crippen MR) is 88.6 cm³/mol. The number of fused-ring (bicyclic) bond motifs is 1. The Kier molecular flexibility index (Phi) is 3.95. The lowest BCUT2D eigenvalue weighted by molar-refractivity contribution is 0.135.